The number of methoxy groups -OCH3 is 1. The third-order valence-corrected chi connectivity index (χ3v) is 4.11. The minimum absolute atomic E-state index is 0. The van der Waals surface area contributed by atoms with Crippen LogP contribution in [0.2, 0.25) is 10.0 Å². The molecule has 0 atom stereocenters. The van der Waals surface area contributed by atoms with Crippen molar-refractivity contribution in [2.45, 2.75) is 13.8 Å². The molecule has 27 heavy (non-hydrogen) atoms. The van der Waals surface area contributed by atoms with Crippen molar-refractivity contribution in [3.05, 3.63) is 56.6 Å². The number of benzene rings is 2. The molecule has 0 aliphatic rings. The number of carboxylic acid groups (broad SMARTS) is 1. The van der Waals surface area contributed by atoms with Crippen LogP contribution < -0.4 is 41.0 Å². The Morgan fingerprint density at radius 1 is 0.926 bits per heavy atom. The van der Waals surface area contributed by atoms with Gasteiger partial charge in [0, 0.05) is 21.4 Å². The summed E-state index contributed by atoms with van der Waals surface area (Å²) in [5.41, 5.74) is 13.6. The maximum absolute atomic E-state index is 11.1. The van der Waals surface area contributed by atoms with Gasteiger partial charge in [0.15, 0.2) is 0 Å². The Morgan fingerprint density at radius 2 is 1.30 bits per heavy atom. The molecular weight excluding hydrogens is 406 g/mol. The SMILES string of the molecule is COC(=O)c1cc(Cl)c(C)cc1N.Cc1cc(N)c(C(=O)O)cc1Cl.[Na+].[OH-]. The van der Waals surface area contributed by atoms with Gasteiger partial charge in [0.05, 0.1) is 18.2 Å². The molecule has 0 heterocycles. The summed E-state index contributed by atoms with van der Waals surface area (Å²) in [6.07, 6.45) is 0. The normalized spacial score (nSPS) is 9.07. The van der Waals surface area contributed by atoms with Crippen molar-refractivity contribution in [1.29, 1.82) is 0 Å². The van der Waals surface area contributed by atoms with Crippen LogP contribution in [0.1, 0.15) is 31.8 Å². The van der Waals surface area contributed by atoms with Gasteiger partial charge in [0.2, 0.25) is 0 Å². The summed E-state index contributed by atoms with van der Waals surface area (Å²) in [5.74, 6) is -1.53. The van der Waals surface area contributed by atoms with Gasteiger partial charge < -0.3 is 26.8 Å². The Labute approximate surface area is 189 Å². The van der Waals surface area contributed by atoms with Gasteiger partial charge in [-0.1, -0.05) is 23.2 Å². The number of esters is 1. The van der Waals surface area contributed by atoms with Crippen LogP contribution in [0.4, 0.5) is 11.4 Å². The van der Waals surface area contributed by atoms with Crippen molar-refractivity contribution in [2.24, 2.45) is 0 Å². The Bertz CT molecular complexity index is 831. The topological polar surface area (TPSA) is 146 Å². The van der Waals surface area contributed by atoms with Crippen LogP contribution in [0.3, 0.4) is 0 Å². The largest absolute Gasteiger partial charge is 1.00 e. The van der Waals surface area contributed by atoms with Gasteiger partial charge in [-0.3, -0.25) is 0 Å². The number of hydrogen-bond acceptors (Lipinski definition) is 6. The van der Waals surface area contributed by atoms with Crippen molar-refractivity contribution >= 4 is 46.5 Å². The molecule has 7 nitrogen and oxygen atoms in total. The van der Waals surface area contributed by atoms with Gasteiger partial charge in [0.25, 0.3) is 0 Å². The number of aromatic carboxylic acids is 1. The maximum atomic E-state index is 11.1. The smallest absolute Gasteiger partial charge is 0.870 e. The van der Waals surface area contributed by atoms with Crippen molar-refractivity contribution in [3.8, 4) is 0 Å². The van der Waals surface area contributed by atoms with Gasteiger partial charge in [0.1, 0.15) is 0 Å². The molecule has 2 aromatic rings. The fourth-order valence-electron chi connectivity index (χ4n) is 1.88. The fraction of sp³-hybridized carbons (Fsp3) is 0.176. The quantitative estimate of drug-likeness (QED) is 0.366. The Hall–Kier alpha value is -1.48. The van der Waals surface area contributed by atoms with Gasteiger partial charge >= 0.3 is 41.5 Å². The molecule has 0 spiro atoms. The first kappa shape index (κ1) is 27.7. The molecule has 10 heteroatoms. The zero-order chi connectivity index (χ0) is 19.3. The predicted octanol–water partition coefficient (Wildman–Crippen LogP) is 0.773. The van der Waals surface area contributed by atoms with Gasteiger partial charge in [-0.25, -0.2) is 9.59 Å². The first-order valence-electron chi connectivity index (χ1n) is 7.01. The van der Waals surface area contributed by atoms with E-state index in [4.69, 9.17) is 39.8 Å². The molecule has 0 radical (unpaired) electrons. The van der Waals surface area contributed by atoms with Crippen LogP contribution >= 0.6 is 23.2 Å². The number of hydrogen-bond donors (Lipinski definition) is 3. The zero-order valence-corrected chi connectivity index (χ0v) is 18.9. The van der Waals surface area contributed by atoms with Crippen LogP contribution in [0.25, 0.3) is 0 Å². The Balaban J connectivity index is 0. The number of nitrogens with two attached hydrogens (primary N) is 2. The van der Waals surface area contributed by atoms with Crippen molar-refractivity contribution in [2.75, 3.05) is 18.6 Å². The molecule has 0 bridgehead atoms. The molecule has 0 saturated carbocycles. The van der Waals surface area contributed by atoms with Crippen LogP contribution in [0.5, 0.6) is 0 Å². The molecule has 0 amide bonds. The molecule has 0 saturated heterocycles. The number of carbonyl (C=O) groups is 2. The third-order valence-electron chi connectivity index (χ3n) is 3.30. The molecule has 2 aromatic carbocycles. The van der Waals surface area contributed by atoms with Crippen LogP contribution in [0.15, 0.2) is 24.3 Å². The second-order valence-electron chi connectivity index (χ2n) is 5.17. The van der Waals surface area contributed by atoms with E-state index in [0.29, 0.717) is 21.3 Å². The minimum Gasteiger partial charge on any atom is -0.870 e. The van der Waals surface area contributed by atoms with E-state index in [1.54, 1.807) is 19.1 Å². The molecule has 0 unspecified atom stereocenters. The molecule has 0 aliphatic heterocycles. The standard InChI is InChI=1S/C9H10ClNO2.C8H8ClNO2.Na.H2O/c1-5-3-8(11)6(4-7(5)10)9(12)13-2;1-4-2-7(10)5(8(11)12)3-6(4)9;;/h3-4H,11H2,1-2H3;2-3H,10H2,1H3,(H,11,12);;1H2/q;;+1;/p-1. The maximum Gasteiger partial charge on any atom is 1.00 e. The summed E-state index contributed by atoms with van der Waals surface area (Å²) in [6, 6.07) is 6.06. The van der Waals surface area contributed by atoms with Crippen molar-refractivity contribution in [3.63, 3.8) is 0 Å². The van der Waals surface area contributed by atoms with Crippen molar-refractivity contribution in [1.82, 2.24) is 0 Å². The van der Waals surface area contributed by atoms with Crippen molar-refractivity contribution < 1.29 is 54.5 Å². The molecule has 0 aromatic heterocycles. The molecule has 6 N–H and O–H groups in total. The zero-order valence-electron chi connectivity index (χ0n) is 15.3. The summed E-state index contributed by atoms with van der Waals surface area (Å²) in [5, 5.41) is 9.57. The molecule has 2 rings (SSSR count). The fourth-order valence-corrected chi connectivity index (χ4v) is 2.21. The van der Waals surface area contributed by atoms with Crippen LogP contribution in [0, 0.1) is 13.8 Å². The van der Waals surface area contributed by atoms with E-state index < -0.39 is 11.9 Å². The summed E-state index contributed by atoms with van der Waals surface area (Å²) in [6.45, 7) is 3.59. The number of anilines is 2. The van der Waals surface area contributed by atoms with Gasteiger partial charge in [-0.15, -0.1) is 0 Å². The average molecular weight is 425 g/mol. The Kier molecular flexibility index (Phi) is 12.4. The molecule has 0 fully saturated rings. The third kappa shape index (κ3) is 7.57. The van der Waals surface area contributed by atoms with Gasteiger partial charge in [-0.2, -0.15) is 0 Å². The summed E-state index contributed by atoms with van der Waals surface area (Å²) < 4.78 is 4.53. The second kappa shape index (κ2) is 12.1. The summed E-state index contributed by atoms with van der Waals surface area (Å²) in [7, 11) is 1.30. The van der Waals surface area contributed by atoms with E-state index in [0.717, 1.165) is 11.1 Å². The summed E-state index contributed by atoms with van der Waals surface area (Å²) in [4.78, 5) is 21.7. The number of rotatable bonds is 2. The van der Waals surface area contributed by atoms with Crippen LogP contribution in [-0.4, -0.2) is 29.6 Å². The first-order valence-corrected chi connectivity index (χ1v) is 7.76. The van der Waals surface area contributed by atoms with Crippen LogP contribution in [-0.2, 0) is 4.74 Å². The minimum atomic E-state index is -1.06. The van der Waals surface area contributed by atoms with E-state index in [9.17, 15) is 9.59 Å². The van der Waals surface area contributed by atoms with E-state index in [-0.39, 0.29) is 46.3 Å². The number of aryl methyl sites for hydroxylation is 2. The number of ether oxygens (including phenoxy) is 1. The second-order valence-corrected chi connectivity index (χ2v) is 5.99. The van der Waals surface area contributed by atoms with E-state index >= 15 is 0 Å². The van der Waals surface area contributed by atoms with E-state index in [1.807, 2.05) is 6.92 Å². The van der Waals surface area contributed by atoms with E-state index in [1.165, 1.54) is 19.2 Å². The Morgan fingerprint density at radius 3 is 1.67 bits per heavy atom. The predicted molar refractivity (Wildman–Crippen MR) is 101 cm³/mol. The van der Waals surface area contributed by atoms with E-state index in [2.05, 4.69) is 4.74 Å². The first-order chi connectivity index (χ1) is 11.6. The molecule has 0 aliphatic carbocycles. The van der Waals surface area contributed by atoms with Gasteiger partial charge in [-0.05, 0) is 49.2 Å². The monoisotopic (exact) mass is 424 g/mol. The summed E-state index contributed by atoms with van der Waals surface area (Å²) >= 11 is 11.5. The number of halogens is 2. The average Bonchev–Trinajstić information content (AvgIpc) is 2.54. The molecule has 142 valence electrons. The number of carboxylic acids is 1. The molecular formula is C17H19Cl2N2NaO5. The number of carbonyl (C=O) groups excluding carboxylic acids is 1. The number of nitrogen functional groups attached to an aromatic ring is 2.